The SMILES string of the molecule is CC(C)(C)OC(=O)N(/C=C(/C#N)C(=O)N1CCN(C(c2ccccc2)c2ccccc2)CC1)CCN. The molecular weight excluding hydrogens is 454 g/mol. The van der Waals surface area contributed by atoms with Crippen molar-refractivity contribution in [2.24, 2.45) is 5.73 Å². The van der Waals surface area contributed by atoms with Gasteiger partial charge in [0.2, 0.25) is 0 Å². The molecule has 1 heterocycles. The van der Waals surface area contributed by atoms with Crippen LogP contribution in [0.1, 0.15) is 37.9 Å². The van der Waals surface area contributed by atoms with Crippen LogP contribution in [0, 0.1) is 11.3 Å². The second-order valence-electron chi connectivity index (χ2n) is 9.67. The number of carbonyl (C=O) groups excluding carboxylic acids is 2. The van der Waals surface area contributed by atoms with Crippen LogP contribution in [-0.2, 0) is 9.53 Å². The third kappa shape index (κ3) is 7.17. The third-order valence-corrected chi connectivity index (χ3v) is 5.83. The Morgan fingerprint density at radius 1 is 1.03 bits per heavy atom. The molecule has 3 rings (SSSR count). The van der Waals surface area contributed by atoms with E-state index in [1.807, 2.05) is 42.5 Å². The topological polar surface area (TPSA) is 103 Å². The largest absolute Gasteiger partial charge is 0.443 e. The fourth-order valence-corrected chi connectivity index (χ4v) is 4.19. The molecule has 36 heavy (non-hydrogen) atoms. The number of hydrogen-bond acceptors (Lipinski definition) is 6. The molecule has 2 aromatic carbocycles. The number of nitriles is 1. The zero-order valence-electron chi connectivity index (χ0n) is 21.3. The number of rotatable bonds is 7. The molecule has 0 aromatic heterocycles. The van der Waals surface area contributed by atoms with Gasteiger partial charge in [-0.15, -0.1) is 0 Å². The second kappa shape index (κ2) is 12.3. The summed E-state index contributed by atoms with van der Waals surface area (Å²) in [5.41, 5.74) is 7.20. The van der Waals surface area contributed by atoms with Gasteiger partial charge < -0.3 is 15.4 Å². The molecule has 2 N–H and O–H groups in total. The molecule has 0 radical (unpaired) electrons. The molecule has 0 unspecified atom stereocenters. The van der Waals surface area contributed by atoms with Crippen LogP contribution in [0.5, 0.6) is 0 Å². The normalized spacial score (nSPS) is 14.9. The van der Waals surface area contributed by atoms with Crippen LogP contribution in [0.4, 0.5) is 4.79 Å². The van der Waals surface area contributed by atoms with Crippen molar-refractivity contribution in [2.75, 3.05) is 39.3 Å². The van der Waals surface area contributed by atoms with Gasteiger partial charge in [-0.3, -0.25) is 14.6 Å². The van der Waals surface area contributed by atoms with Crippen molar-refractivity contribution < 1.29 is 14.3 Å². The van der Waals surface area contributed by atoms with Gasteiger partial charge in [-0.05, 0) is 31.9 Å². The number of nitrogens with zero attached hydrogens (tertiary/aromatic N) is 4. The Kier molecular flexibility index (Phi) is 9.23. The highest BCUT2D eigenvalue weighted by molar-refractivity contribution is 5.97. The lowest BCUT2D eigenvalue weighted by molar-refractivity contribution is -0.128. The average Bonchev–Trinajstić information content (AvgIpc) is 2.87. The summed E-state index contributed by atoms with van der Waals surface area (Å²) >= 11 is 0. The molecule has 2 amide bonds. The molecule has 1 aliphatic rings. The highest BCUT2D eigenvalue weighted by Crippen LogP contribution is 2.29. The Hall–Kier alpha value is -3.67. The van der Waals surface area contributed by atoms with E-state index in [-0.39, 0.29) is 24.7 Å². The first-order chi connectivity index (χ1) is 17.2. The van der Waals surface area contributed by atoms with Crippen LogP contribution >= 0.6 is 0 Å². The van der Waals surface area contributed by atoms with Crippen molar-refractivity contribution in [2.45, 2.75) is 32.4 Å². The minimum Gasteiger partial charge on any atom is -0.443 e. The lowest BCUT2D eigenvalue weighted by Crippen LogP contribution is -2.50. The summed E-state index contributed by atoms with van der Waals surface area (Å²) in [6.07, 6.45) is 0.610. The summed E-state index contributed by atoms with van der Waals surface area (Å²) in [7, 11) is 0. The van der Waals surface area contributed by atoms with Gasteiger partial charge in [-0.2, -0.15) is 5.26 Å². The summed E-state index contributed by atoms with van der Waals surface area (Å²) in [6.45, 7) is 7.80. The zero-order valence-corrected chi connectivity index (χ0v) is 21.3. The van der Waals surface area contributed by atoms with Gasteiger partial charge in [-0.1, -0.05) is 60.7 Å². The predicted molar refractivity (Wildman–Crippen MR) is 139 cm³/mol. The molecule has 190 valence electrons. The number of nitrogens with two attached hydrogens (primary N) is 1. The number of benzene rings is 2. The van der Waals surface area contributed by atoms with Crippen molar-refractivity contribution in [3.05, 3.63) is 83.6 Å². The van der Waals surface area contributed by atoms with Gasteiger partial charge in [0.15, 0.2) is 0 Å². The van der Waals surface area contributed by atoms with Gasteiger partial charge in [0, 0.05) is 45.5 Å². The van der Waals surface area contributed by atoms with Gasteiger partial charge >= 0.3 is 6.09 Å². The molecule has 0 bridgehead atoms. The van der Waals surface area contributed by atoms with Crippen molar-refractivity contribution in [1.82, 2.24) is 14.7 Å². The molecule has 1 saturated heterocycles. The van der Waals surface area contributed by atoms with E-state index in [2.05, 4.69) is 29.2 Å². The average molecular weight is 490 g/mol. The van der Waals surface area contributed by atoms with Crippen LogP contribution in [-0.4, -0.2) is 71.6 Å². The standard InChI is InChI=1S/C28H35N5O3/c1-28(2,3)36-27(35)33(15-14-29)21-24(20-30)26(34)32-18-16-31(17-19-32)25(22-10-6-4-7-11-22)23-12-8-5-9-13-23/h4-13,21,25H,14-19,29H2,1-3H3/b24-21-. The van der Waals surface area contributed by atoms with E-state index in [9.17, 15) is 14.9 Å². The van der Waals surface area contributed by atoms with Crippen molar-refractivity contribution >= 4 is 12.0 Å². The fraction of sp³-hybridized carbons (Fsp3) is 0.393. The smallest absolute Gasteiger partial charge is 0.414 e. The number of piperazine rings is 1. The monoisotopic (exact) mass is 489 g/mol. The van der Waals surface area contributed by atoms with E-state index in [1.165, 1.54) is 22.2 Å². The van der Waals surface area contributed by atoms with Crippen molar-refractivity contribution in [3.8, 4) is 6.07 Å². The van der Waals surface area contributed by atoms with Crippen molar-refractivity contribution in [1.29, 1.82) is 5.26 Å². The Labute approximate surface area is 213 Å². The summed E-state index contributed by atoms with van der Waals surface area (Å²) in [5, 5.41) is 9.71. The van der Waals surface area contributed by atoms with Crippen LogP contribution in [0.15, 0.2) is 72.4 Å². The van der Waals surface area contributed by atoms with Crippen LogP contribution in [0.25, 0.3) is 0 Å². The quantitative estimate of drug-likeness (QED) is 0.472. The molecule has 0 atom stereocenters. The van der Waals surface area contributed by atoms with E-state index in [1.54, 1.807) is 25.7 Å². The second-order valence-corrected chi connectivity index (χ2v) is 9.67. The molecule has 8 nitrogen and oxygen atoms in total. The number of hydrogen-bond donors (Lipinski definition) is 1. The van der Waals surface area contributed by atoms with Crippen LogP contribution < -0.4 is 5.73 Å². The molecule has 1 aliphatic heterocycles. The third-order valence-electron chi connectivity index (χ3n) is 5.83. The van der Waals surface area contributed by atoms with E-state index >= 15 is 0 Å². The minimum absolute atomic E-state index is 0.0721. The summed E-state index contributed by atoms with van der Waals surface area (Å²) in [6, 6.07) is 22.7. The van der Waals surface area contributed by atoms with E-state index in [0.29, 0.717) is 26.2 Å². The molecule has 2 aromatic rings. The Bertz CT molecular complexity index is 1040. The first-order valence-corrected chi connectivity index (χ1v) is 12.2. The Balaban J connectivity index is 1.74. The first-order valence-electron chi connectivity index (χ1n) is 12.2. The minimum atomic E-state index is -0.709. The Morgan fingerprint density at radius 2 is 1.56 bits per heavy atom. The van der Waals surface area contributed by atoms with Gasteiger partial charge in [0.05, 0.1) is 6.04 Å². The van der Waals surface area contributed by atoms with Gasteiger partial charge in [-0.25, -0.2) is 4.79 Å². The summed E-state index contributed by atoms with van der Waals surface area (Å²) < 4.78 is 5.39. The number of amides is 2. The Morgan fingerprint density at radius 3 is 2.00 bits per heavy atom. The van der Waals surface area contributed by atoms with Crippen LogP contribution in [0.3, 0.4) is 0 Å². The number of carbonyl (C=O) groups is 2. The van der Waals surface area contributed by atoms with Crippen molar-refractivity contribution in [3.63, 3.8) is 0 Å². The number of ether oxygens (including phenoxy) is 1. The maximum Gasteiger partial charge on any atom is 0.414 e. The van der Waals surface area contributed by atoms with E-state index in [0.717, 1.165) is 0 Å². The lowest BCUT2D eigenvalue weighted by atomic mass is 9.96. The van der Waals surface area contributed by atoms with E-state index in [4.69, 9.17) is 10.5 Å². The van der Waals surface area contributed by atoms with E-state index < -0.39 is 17.6 Å². The van der Waals surface area contributed by atoms with Crippen LogP contribution in [0.2, 0.25) is 0 Å². The first kappa shape index (κ1) is 26.9. The van der Waals surface area contributed by atoms with Gasteiger partial charge in [0.25, 0.3) is 5.91 Å². The molecular formula is C28H35N5O3. The zero-order chi connectivity index (χ0) is 26.1. The fourth-order valence-electron chi connectivity index (χ4n) is 4.19. The lowest BCUT2D eigenvalue weighted by Gasteiger charge is -2.39. The summed E-state index contributed by atoms with van der Waals surface area (Å²) in [4.78, 5) is 31.0. The predicted octanol–water partition coefficient (Wildman–Crippen LogP) is 3.52. The van der Waals surface area contributed by atoms with Gasteiger partial charge in [0.1, 0.15) is 17.2 Å². The maximum atomic E-state index is 13.2. The molecule has 0 aliphatic carbocycles. The maximum absolute atomic E-state index is 13.2. The molecule has 1 fully saturated rings. The molecule has 0 saturated carbocycles. The summed E-state index contributed by atoms with van der Waals surface area (Å²) in [5.74, 6) is -0.404. The molecule has 0 spiro atoms. The highest BCUT2D eigenvalue weighted by Gasteiger charge is 2.30. The molecule has 8 heteroatoms. The highest BCUT2D eigenvalue weighted by atomic mass is 16.6.